The van der Waals surface area contributed by atoms with Crippen LogP contribution in [0.2, 0.25) is 0 Å². The summed E-state index contributed by atoms with van der Waals surface area (Å²) in [7, 11) is 1.40. The highest BCUT2D eigenvalue weighted by Gasteiger charge is 2.05. The molecule has 0 saturated heterocycles. The van der Waals surface area contributed by atoms with E-state index >= 15 is 0 Å². The van der Waals surface area contributed by atoms with Crippen molar-refractivity contribution in [2.24, 2.45) is 0 Å². The molecule has 0 N–H and O–H groups in total. The van der Waals surface area contributed by atoms with Gasteiger partial charge in [-0.15, -0.1) is 0 Å². The molecule has 0 saturated carbocycles. The molecule has 2 heteroatoms. The van der Waals surface area contributed by atoms with Crippen LogP contribution in [0, 0.1) is 11.8 Å². The molecule has 18 heavy (non-hydrogen) atoms. The van der Waals surface area contributed by atoms with Crippen molar-refractivity contribution in [1.82, 2.24) is 0 Å². The Morgan fingerprint density at radius 2 is 1.78 bits per heavy atom. The number of carbonyl (C=O) groups is 1. The Kier molecular flexibility index (Phi) is 11.4. The molecule has 2 nitrogen and oxygen atoms in total. The maximum atomic E-state index is 11.5. The van der Waals surface area contributed by atoms with E-state index in [2.05, 4.69) is 25.7 Å². The van der Waals surface area contributed by atoms with Gasteiger partial charge in [-0.2, -0.15) is 0 Å². The van der Waals surface area contributed by atoms with E-state index in [1.54, 1.807) is 0 Å². The van der Waals surface area contributed by atoms with Crippen LogP contribution in [0.4, 0.5) is 0 Å². The molecule has 0 spiro atoms. The fourth-order valence-corrected chi connectivity index (χ4v) is 1.56. The van der Waals surface area contributed by atoms with Gasteiger partial charge in [0, 0.05) is 6.42 Å². The number of ether oxygens (including phenoxy) is 1. The van der Waals surface area contributed by atoms with E-state index in [1.807, 2.05) is 6.08 Å². The van der Waals surface area contributed by atoms with Crippen LogP contribution in [-0.4, -0.2) is 13.1 Å². The van der Waals surface area contributed by atoms with Gasteiger partial charge in [-0.25, -0.2) is 4.79 Å². The van der Waals surface area contributed by atoms with E-state index in [-0.39, 0.29) is 5.97 Å². The first kappa shape index (κ1) is 16.8. The Hall–Kier alpha value is -1.23. The fourth-order valence-electron chi connectivity index (χ4n) is 1.56. The minimum Gasteiger partial charge on any atom is -0.465 e. The second-order valence-electron chi connectivity index (χ2n) is 4.36. The van der Waals surface area contributed by atoms with E-state index in [4.69, 9.17) is 4.74 Å². The molecule has 0 rings (SSSR count). The summed E-state index contributed by atoms with van der Waals surface area (Å²) in [6, 6.07) is 0. The van der Waals surface area contributed by atoms with E-state index < -0.39 is 0 Å². The number of esters is 1. The second kappa shape index (κ2) is 12.2. The normalized spacial score (nSPS) is 10.7. The van der Waals surface area contributed by atoms with Crippen LogP contribution in [-0.2, 0) is 9.53 Å². The molecular formula is C16H26O2. The van der Waals surface area contributed by atoms with Crippen LogP contribution in [0.25, 0.3) is 0 Å². The van der Waals surface area contributed by atoms with Gasteiger partial charge in [0.05, 0.1) is 7.11 Å². The van der Waals surface area contributed by atoms with Crippen LogP contribution in [0.15, 0.2) is 11.6 Å². The summed E-state index contributed by atoms with van der Waals surface area (Å²) in [4.78, 5) is 11.5. The SMILES string of the molecule is CCCCCC#C/C(=C\CCCCC)C(=O)OC. The molecular weight excluding hydrogens is 224 g/mol. The van der Waals surface area contributed by atoms with Gasteiger partial charge in [0.15, 0.2) is 0 Å². The van der Waals surface area contributed by atoms with Gasteiger partial charge >= 0.3 is 5.97 Å². The van der Waals surface area contributed by atoms with Crippen LogP contribution in [0.1, 0.15) is 65.2 Å². The Morgan fingerprint density at radius 3 is 2.39 bits per heavy atom. The summed E-state index contributed by atoms with van der Waals surface area (Å²) >= 11 is 0. The second-order valence-corrected chi connectivity index (χ2v) is 4.36. The predicted molar refractivity (Wildman–Crippen MR) is 76.2 cm³/mol. The molecule has 102 valence electrons. The largest absolute Gasteiger partial charge is 0.465 e. The van der Waals surface area contributed by atoms with Crippen molar-refractivity contribution in [2.45, 2.75) is 65.2 Å². The summed E-state index contributed by atoms with van der Waals surface area (Å²) in [5, 5.41) is 0. The molecule has 0 heterocycles. The minimum atomic E-state index is -0.311. The van der Waals surface area contributed by atoms with Gasteiger partial charge in [0.1, 0.15) is 5.57 Å². The van der Waals surface area contributed by atoms with E-state index in [0.717, 1.165) is 25.7 Å². The Balaban J connectivity index is 4.26. The zero-order chi connectivity index (χ0) is 13.6. The molecule has 0 aromatic carbocycles. The van der Waals surface area contributed by atoms with Crippen molar-refractivity contribution >= 4 is 5.97 Å². The maximum absolute atomic E-state index is 11.5. The van der Waals surface area contributed by atoms with Crippen molar-refractivity contribution < 1.29 is 9.53 Å². The highest BCUT2D eigenvalue weighted by molar-refractivity contribution is 5.93. The number of carbonyl (C=O) groups excluding carboxylic acids is 1. The van der Waals surface area contributed by atoms with Crippen LogP contribution in [0.5, 0.6) is 0 Å². The van der Waals surface area contributed by atoms with Gasteiger partial charge in [0.2, 0.25) is 0 Å². The third-order valence-corrected chi connectivity index (χ3v) is 2.69. The number of unbranched alkanes of at least 4 members (excludes halogenated alkanes) is 6. The first-order valence-corrected chi connectivity index (χ1v) is 7.03. The maximum Gasteiger partial charge on any atom is 0.346 e. The van der Waals surface area contributed by atoms with Gasteiger partial charge in [-0.1, -0.05) is 57.4 Å². The Morgan fingerprint density at radius 1 is 1.11 bits per heavy atom. The van der Waals surface area contributed by atoms with E-state index in [0.29, 0.717) is 5.57 Å². The zero-order valence-corrected chi connectivity index (χ0v) is 12.1. The minimum absolute atomic E-state index is 0.311. The van der Waals surface area contributed by atoms with Crippen molar-refractivity contribution in [3.05, 3.63) is 11.6 Å². The third-order valence-electron chi connectivity index (χ3n) is 2.69. The lowest BCUT2D eigenvalue weighted by Crippen LogP contribution is -2.03. The lowest BCUT2D eigenvalue weighted by Gasteiger charge is -1.98. The molecule has 0 fully saturated rings. The first-order chi connectivity index (χ1) is 8.76. The number of allylic oxidation sites excluding steroid dienone is 1. The van der Waals surface area contributed by atoms with Crippen LogP contribution in [0.3, 0.4) is 0 Å². The molecule has 0 aromatic rings. The smallest absolute Gasteiger partial charge is 0.346 e. The molecule has 0 unspecified atom stereocenters. The summed E-state index contributed by atoms with van der Waals surface area (Å²) < 4.78 is 4.74. The van der Waals surface area contributed by atoms with Crippen LogP contribution < -0.4 is 0 Å². The van der Waals surface area contributed by atoms with Crippen molar-refractivity contribution in [3.63, 3.8) is 0 Å². The Bertz CT molecular complexity index is 305. The van der Waals surface area contributed by atoms with Crippen molar-refractivity contribution in [1.29, 1.82) is 0 Å². The quantitative estimate of drug-likeness (QED) is 0.278. The van der Waals surface area contributed by atoms with Gasteiger partial charge in [-0.3, -0.25) is 0 Å². The molecule has 0 atom stereocenters. The number of methoxy groups -OCH3 is 1. The fraction of sp³-hybridized carbons (Fsp3) is 0.688. The molecule has 0 aromatic heterocycles. The third kappa shape index (κ3) is 8.87. The summed E-state index contributed by atoms with van der Waals surface area (Å²) in [6.45, 7) is 4.33. The van der Waals surface area contributed by atoms with Crippen molar-refractivity contribution in [2.75, 3.05) is 7.11 Å². The topological polar surface area (TPSA) is 26.3 Å². The average Bonchev–Trinajstić information content (AvgIpc) is 2.40. The lowest BCUT2D eigenvalue weighted by molar-refractivity contribution is -0.135. The summed E-state index contributed by atoms with van der Waals surface area (Å²) in [6.07, 6.45) is 10.6. The van der Waals surface area contributed by atoms with Gasteiger partial charge in [0.25, 0.3) is 0 Å². The van der Waals surface area contributed by atoms with Gasteiger partial charge < -0.3 is 4.74 Å². The van der Waals surface area contributed by atoms with E-state index in [9.17, 15) is 4.79 Å². The summed E-state index contributed by atoms with van der Waals surface area (Å²) in [5.41, 5.74) is 0.519. The average molecular weight is 250 g/mol. The molecule has 0 amide bonds. The molecule has 0 aliphatic rings. The monoisotopic (exact) mass is 250 g/mol. The predicted octanol–water partition coefficient (Wildman–Crippen LogP) is 4.25. The summed E-state index contributed by atoms with van der Waals surface area (Å²) in [5.74, 6) is 5.69. The number of hydrogen-bond acceptors (Lipinski definition) is 2. The standard InChI is InChI=1S/C16H26O2/c1-4-6-8-10-12-14-15(16(17)18-3)13-11-9-7-5-2/h13H,4-11H2,1-3H3/b15-13+. The molecule has 0 bridgehead atoms. The molecule has 0 aliphatic heterocycles. The highest BCUT2D eigenvalue weighted by atomic mass is 16.5. The molecule has 0 radical (unpaired) electrons. The molecule has 0 aliphatic carbocycles. The van der Waals surface area contributed by atoms with Crippen LogP contribution >= 0.6 is 0 Å². The zero-order valence-electron chi connectivity index (χ0n) is 12.1. The highest BCUT2D eigenvalue weighted by Crippen LogP contribution is 2.05. The van der Waals surface area contributed by atoms with Crippen molar-refractivity contribution in [3.8, 4) is 11.8 Å². The number of hydrogen-bond donors (Lipinski definition) is 0. The number of rotatable bonds is 8. The lowest BCUT2D eigenvalue weighted by atomic mass is 10.1. The van der Waals surface area contributed by atoms with Gasteiger partial charge in [-0.05, 0) is 19.3 Å². The Labute approximate surface area is 112 Å². The first-order valence-electron chi connectivity index (χ1n) is 7.03. The van der Waals surface area contributed by atoms with E-state index in [1.165, 1.54) is 32.8 Å².